The van der Waals surface area contributed by atoms with Crippen molar-refractivity contribution in [1.29, 1.82) is 0 Å². The van der Waals surface area contributed by atoms with Crippen LogP contribution in [0.5, 0.6) is 5.75 Å². The maximum Gasteiger partial charge on any atom is 0.341 e. The molecule has 0 fully saturated rings. The average molecular weight is 298 g/mol. The summed E-state index contributed by atoms with van der Waals surface area (Å²) in [6.45, 7) is 4.73. The molecule has 0 aliphatic heterocycles. The van der Waals surface area contributed by atoms with Crippen LogP contribution in [0.4, 0.5) is 0 Å². The van der Waals surface area contributed by atoms with Crippen molar-refractivity contribution in [2.45, 2.75) is 26.9 Å². The molecule has 0 unspecified atom stereocenters. The molecule has 2 aromatic rings. The van der Waals surface area contributed by atoms with Gasteiger partial charge >= 0.3 is 5.97 Å². The van der Waals surface area contributed by atoms with E-state index in [9.17, 15) is 4.79 Å². The van der Waals surface area contributed by atoms with Crippen LogP contribution < -0.4 is 4.74 Å². The molecule has 0 aliphatic rings. The first-order chi connectivity index (χ1) is 10.6. The van der Waals surface area contributed by atoms with Crippen molar-refractivity contribution in [2.75, 3.05) is 7.11 Å². The fourth-order valence-corrected chi connectivity index (χ4v) is 2.31. The van der Waals surface area contributed by atoms with Crippen LogP contribution in [0.25, 0.3) is 0 Å². The lowest BCUT2D eigenvalue weighted by Crippen LogP contribution is -2.07. The first-order valence-electron chi connectivity index (χ1n) is 7.48. The molecule has 0 saturated carbocycles. The molecule has 0 saturated heterocycles. The highest BCUT2D eigenvalue weighted by Gasteiger charge is 2.14. The SMILES string of the molecule is COC(=O)c1cc(CC(C)C)ccc1OCc1ccccc1. The molecule has 0 bridgehead atoms. The second-order valence-corrected chi connectivity index (χ2v) is 5.69. The van der Waals surface area contributed by atoms with Crippen LogP contribution in [0.15, 0.2) is 48.5 Å². The van der Waals surface area contributed by atoms with E-state index in [-0.39, 0.29) is 5.97 Å². The van der Waals surface area contributed by atoms with Gasteiger partial charge in [-0.2, -0.15) is 0 Å². The van der Waals surface area contributed by atoms with Crippen molar-refractivity contribution >= 4 is 5.97 Å². The Labute approximate surface area is 131 Å². The lowest BCUT2D eigenvalue weighted by atomic mass is 10.0. The van der Waals surface area contributed by atoms with Gasteiger partial charge < -0.3 is 9.47 Å². The first-order valence-corrected chi connectivity index (χ1v) is 7.48. The van der Waals surface area contributed by atoms with Crippen molar-refractivity contribution in [3.8, 4) is 5.75 Å². The normalized spacial score (nSPS) is 10.5. The lowest BCUT2D eigenvalue weighted by molar-refractivity contribution is 0.0595. The fourth-order valence-electron chi connectivity index (χ4n) is 2.31. The second kappa shape index (κ2) is 7.64. The molecule has 0 atom stereocenters. The van der Waals surface area contributed by atoms with Crippen LogP contribution in [-0.2, 0) is 17.8 Å². The smallest absolute Gasteiger partial charge is 0.341 e. The summed E-state index contributed by atoms with van der Waals surface area (Å²) >= 11 is 0. The summed E-state index contributed by atoms with van der Waals surface area (Å²) in [6, 6.07) is 15.6. The third-order valence-corrected chi connectivity index (χ3v) is 3.33. The molecule has 0 heterocycles. The highest BCUT2D eigenvalue weighted by atomic mass is 16.5. The van der Waals surface area contributed by atoms with Gasteiger partial charge in [-0.25, -0.2) is 4.79 Å². The number of esters is 1. The predicted octanol–water partition coefficient (Wildman–Crippen LogP) is 4.25. The van der Waals surface area contributed by atoms with E-state index in [0.29, 0.717) is 23.8 Å². The molecule has 0 spiro atoms. The Balaban J connectivity index is 2.20. The molecule has 2 rings (SSSR count). The number of benzene rings is 2. The molecule has 3 heteroatoms. The Hall–Kier alpha value is -2.29. The summed E-state index contributed by atoms with van der Waals surface area (Å²) < 4.78 is 10.7. The topological polar surface area (TPSA) is 35.5 Å². The van der Waals surface area contributed by atoms with Gasteiger partial charge in [0.2, 0.25) is 0 Å². The van der Waals surface area contributed by atoms with Crippen molar-refractivity contribution in [1.82, 2.24) is 0 Å². The zero-order chi connectivity index (χ0) is 15.9. The van der Waals surface area contributed by atoms with Gasteiger partial charge in [-0.3, -0.25) is 0 Å². The lowest BCUT2D eigenvalue weighted by Gasteiger charge is -2.13. The Morgan fingerprint density at radius 2 is 1.77 bits per heavy atom. The summed E-state index contributed by atoms with van der Waals surface area (Å²) in [7, 11) is 1.39. The van der Waals surface area contributed by atoms with Gasteiger partial charge in [-0.05, 0) is 35.6 Å². The van der Waals surface area contributed by atoms with Gasteiger partial charge in [0.25, 0.3) is 0 Å². The van der Waals surface area contributed by atoms with E-state index >= 15 is 0 Å². The highest BCUT2D eigenvalue weighted by molar-refractivity contribution is 5.92. The third-order valence-electron chi connectivity index (χ3n) is 3.33. The summed E-state index contributed by atoms with van der Waals surface area (Å²) in [4.78, 5) is 12.0. The van der Waals surface area contributed by atoms with Crippen LogP contribution in [0.3, 0.4) is 0 Å². The molecule has 0 aliphatic carbocycles. The van der Waals surface area contributed by atoms with E-state index in [2.05, 4.69) is 13.8 Å². The Morgan fingerprint density at radius 1 is 1.05 bits per heavy atom. The summed E-state index contributed by atoms with van der Waals surface area (Å²) in [6.07, 6.45) is 0.920. The van der Waals surface area contributed by atoms with Gasteiger partial charge in [0.1, 0.15) is 17.9 Å². The van der Waals surface area contributed by atoms with Gasteiger partial charge in [-0.1, -0.05) is 50.2 Å². The number of carbonyl (C=O) groups excluding carboxylic acids is 1. The highest BCUT2D eigenvalue weighted by Crippen LogP contribution is 2.23. The second-order valence-electron chi connectivity index (χ2n) is 5.69. The number of hydrogen-bond acceptors (Lipinski definition) is 3. The Morgan fingerprint density at radius 3 is 2.41 bits per heavy atom. The van der Waals surface area contributed by atoms with Crippen molar-refractivity contribution in [3.63, 3.8) is 0 Å². The third kappa shape index (κ3) is 4.35. The molecular formula is C19H22O3. The molecule has 0 aromatic heterocycles. The Kier molecular flexibility index (Phi) is 5.59. The quantitative estimate of drug-likeness (QED) is 0.748. The Bertz CT molecular complexity index is 618. The number of carbonyl (C=O) groups is 1. The molecule has 3 nitrogen and oxygen atoms in total. The zero-order valence-corrected chi connectivity index (χ0v) is 13.3. The van der Waals surface area contributed by atoms with E-state index in [1.165, 1.54) is 7.11 Å². The molecule has 22 heavy (non-hydrogen) atoms. The van der Waals surface area contributed by atoms with Gasteiger partial charge in [0.15, 0.2) is 0 Å². The average Bonchev–Trinajstić information content (AvgIpc) is 2.53. The first kappa shape index (κ1) is 16.1. The maximum absolute atomic E-state index is 12.0. The predicted molar refractivity (Wildman–Crippen MR) is 87.1 cm³/mol. The van der Waals surface area contributed by atoms with Crippen molar-refractivity contribution < 1.29 is 14.3 Å². The monoisotopic (exact) mass is 298 g/mol. The van der Waals surface area contributed by atoms with Gasteiger partial charge in [0.05, 0.1) is 7.11 Å². The van der Waals surface area contributed by atoms with Crippen LogP contribution in [-0.4, -0.2) is 13.1 Å². The van der Waals surface area contributed by atoms with Gasteiger partial charge in [-0.15, -0.1) is 0 Å². The minimum absolute atomic E-state index is 0.367. The number of hydrogen-bond donors (Lipinski definition) is 0. The zero-order valence-electron chi connectivity index (χ0n) is 13.3. The molecule has 2 aromatic carbocycles. The van der Waals surface area contributed by atoms with E-state index in [4.69, 9.17) is 9.47 Å². The maximum atomic E-state index is 12.0. The molecule has 0 amide bonds. The van der Waals surface area contributed by atoms with Crippen molar-refractivity contribution in [3.05, 3.63) is 65.2 Å². The van der Waals surface area contributed by atoms with Crippen LogP contribution in [0, 0.1) is 5.92 Å². The minimum Gasteiger partial charge on any atom is -0.488 e. The fraction of sp³-hybridized carbons (Fsp3) is 0.316. The van der Waals surface area contributed by atoms with Crippen LogP contribution in [0.1, 0.15) is 35.3 Å². The van der Waals surface area contributed by atoms with Gasteiger partial charge in [0, 0.05) is 0 Å². The molecule has 0 radical (unpaired) electrons. The number of methoxy groups -OCH3 is 1. The molecule has 116 valence electrons. The van der Waals surface area contributed by atoms with Crippen LogP contribution >= 0.6 is 0 Å². The van der Waals surface area contributed by atoms with E-state index in [1.807, 2.05) is 48.5 Å². The number of rotatable bonds is 6. The summed E-state index contributed by atoms with van der Waals surface area (Å²) in [5.41, 5.74) is 2.66. The van der Waals surface area contributed by atoms with E-state index in [0.717, 1.165) is 17.5 Å². The number of ether oxygens (including phenoxy) is 2. The standard InChI is InChI=1S/C19H22O3/c1-14(2)11-16-9-10-18(17(12-16)19(20)21-3)22-13-15-7-5-4-6-8-15/h4-10,12,14H,11,13H2,1-3H3. The van der Waals surface area contributed by atoms with E-state index in [1.54, 1.807) is 0 Å². The van der Waals surface area contributed by atoms with Crippen LogP contribution in [0.2, 0.25) is 0 Å². The molecular weight excluding hydrogens is 276 g/mol. The minimum atomic E-state index is -0.367. The summed E-state index contributed by atoms with van der Waals surface area (Å²) in [5.74, 6) is 0.721. The summed E-state index contributed by atoms with van der Waals surface area (Å²) in [5, 5.41) is 0. The van der Waals surface area contributed by atoms with Crippen molar-refractivity contribution in [2.24, 2.45) is 5.92 Å². The largest absolute Gasteiger partial charge is 0.488 e. The van der Waals surface area contributed by atoms with E-state index < -0.39 is 0 Å². The molecule has 0 N–H and O–H groups in total.